The van der Waals surface area contributed by atoms with Gasteiger partial charge in [-0.1, -0.05) is 0 Å². The lowest BCUT2D eigenvalue weighted by Crippen LogP contribution is -2.59. The number of ether oxygens (including phenoxy) is 1. The molecule has 2 saturated heterocycles. The molecule has 1 saturated carbocycles. The Kier molecular flexibility index (Phi) is 5.70. The number of carbonyl (C=O) groups excluding carboxylic acids is 1. The van der Waals surface area contributed by atoms with E-state index >= 15 is 0 Å². The van der Waals surface area contributed by atoms with E-state index in [0.29, 0.717) is 30.9 Å². The average molecular weight is 435 g/mol. The van der Waals surface area contributed by atoms with Gasteiger partial charge in [0, 0.05) is 43.6 Å². The number of hydrogen-bond donors (Lipinski definition) is 1. The maximum absolute atomic E-state index is 12.7. The molecule has 1 N–H and O–H groups in total. The number of amides is 1. The van der Waals surface area contributed by atoms with Gasteiger partial charge in [0.25, 0.3) is 0 Å². The number of rotatable bonds is 4. The molecule has 3 fully saturated rings. The minimum atomic E-state index is -0.301. The summed E-state index contributed by atoms with van der Waals surface area (Å²) in [4.78, 5) is 26.1. The quantitative estimate of drug-likeness (QED) is 0.790. The number of hydrogen-bond acceptors (Lipinski definition) is 7. The molecule has 8 heteroatoms. The highest BCUT2D eigenvalue weighted by molar-refractivity contribution is 5.90. The van der Waals surface area contributed by atoms with Crippen LogP contribution >= 0.6 is 0 Å². The van der Waals surface area contributed by atoms with Crippen molar-refractivity contribution in [1.29, 1.82) is 5.26 Å². The largest absolute Gasteiger partial charge is 0.379 e. The third kappa shape index (κ3) is 4.03. The van der Waals surface area contributed by atoms with Gasteiger partial charge in [-0.2, -0.15) is 5.26 Å². The van der Waals surface area contributed by atoms with Crippen LogP contribution in [0.1, 0.15) is 38.2 Å². The molecule has 2 aliphatic heterocycles. The summed E-state index contributed by atoms with van der Waals surface area (Å²) in [5.41, 5.74) is 1.17. The second-order valence-corrected chi connectivity index (χ2v) is 9.60. The summed E-state index contributed by atoms with van der Waals surface area (Å²) in [5, 5.41) is 13.7. The van der Waals surface area contributed by atoms with Crippen molar-refractivity contribution >= 4 is 22.6 Å². The van der Waals surface area contributed by atoms with E-state index < -0.39 is 0 Å². The third-order valence-electron chi connectivity index (χ3n) is 7.28. The number of piperazine rings is 1. The molecular formula is C24H30N6O2. The normalized spacial score (nSPS) is 25.7. The second-order valence-electron chi connectivity index (χ2n) is 9.60. The standard InChI is InChI=1S/C24H30N6O2/c1-24(14-32-15-24)23(31)30-10-8-29(9-11-30)19-5-3-18(4-6-19)28-22-20-12-17(13-25)2-7-21(20)26-16-27-22/h2,7,12,16,18-19H,3-6,8-11,14-15H2,1H3,(H,26,27,28). The molecule has 3 aliphatic rings. The van der Waals surface area contributed by atoms with Gasteiger partial charge in [-0.3, -0.25) is 9.69 Å². The smallest absolute Gasteiger partial charge is 0.233 e. The number of anilines is 1. The lowest BCUT2D eigenvalue weighted by molar-refractivity contribution is -0.170. The van der Waals surface area contributed by atoms with Crippen LogP contribution in [0.15, 0.2) is 24.5 Å². The van der Waals surface area contributed by atoms with E-state index in [0.717, 1.165) is 68.6 Å². The van der Waals surface area contributed by atoms with Gasteiger partial charge in [0.15, 0.2) is 0 Å². The van der Waals surface area contributed by atoms with Gasteiger partial charge in [0.1, 0.15) is 12.1 Å². The lowest BCUT2D eigenvalue weighted by atomic mass is 9.86. The molecule has 0 spiro atoms. The van der Waals surface area contributed by atoms with Crippen molar-refractivity contribution < 1.29 is 9.53 Å². The van der Waals surface area contributed by atoms with Gasteiger partial charge in [-0.05, 0) is 50.8 Å². The Labute approximate surface area is 188 Å². The molecule has 0 radical (unpaired) electrons. The van der Waals surface area contributed by atoms with E-state index in [-0.39, 0.29) is 11.3 Å². The molecule has 5 rings (SSSR count). The zero-order chi connectivity index (χ0) is 22.1. The van der Waals surface area contributed by atoms with Crippen LogP contribution in [0.4, 0.5) is 5.82 Å². The minimum Gasteiger partial charge on any atom is -0.379 e. The highest BCUT2D eigenvalue weighted by Crippen LogP contribution is 2.31. The van der Waals surface area contributed by atoms with Gasteiger partial charge >= 0.3 is 0 Å². The zero-order valence-corrected chi connectivity index (χ0v) is 18.6. The Morgan fingerprint density at radius 3 is 2.56 bits per heavy atom. The fraction of sp³-hybridized carbons (Fsp3) is 0.583. The van der Waals surface area contributed by atoms with Gasteiger partial charge in [0.2, 0.25) is 5.91 Å². The molecule has 168 valence electrons. The van der Waals surface area contributed by atoms with Crippen LogP contribution in [-0.4, -0.2) is 77.2 Å². The first-order valence-corrected chi connectivity index (χ1v) is 11.6. The van der Waals surface area contributed by atoms with Gasteiger partial charge in [0.05, 0.1) is 35.8 Å². The molecule has 1 aliphatic carbocycles. The molecule has 32 heavy (non-hydrogen) atoms. The van der Waals surface area contributed by atoms with E-state index in [1.54, 1.807) is 12.4 Å². The van der Waals surface area contributed by atoms with Crippen molar-refractivity contribution in [3.63, 3.8) is 0 Å². The summed E-state index contributed by atoms with van der Waals surface area (Å²) in [5.74, 6) is 1.07. The molecule has 8 nitrogen and oxygen atoms in total. The van der Waals surface area contributed by atoms with E-state index in [9.17, 15) is 10.1 Å². The van der Waals surface area contributed by atoms with Crippen molar-refractivity contribution in [3.05, 3.63) is 30.1 Å². The second kappa shape index (κ2) is 8.64. The maximum Gasteiger partial charge on any atom is 0.233 e. The first kappa shape index (κ1) is 21.1. The Morgan fingerprint density at radius 1 is 1.16 bits per heavy atom. The highest BCUT2D eigenvalue weighted by Gasteiger charge is 2.44. The van der Waals surface area contributed by atoms with Crippen LogP contribution in [-0.2, 0) is 9.53 Å². The first-order chi connectivity index (χ1) is 15.6. The lowest BCUT2D eigenvalue weighted by Gasteiger charge is -2.45. The van der Waals surface area contributed by atoms with Crippen LogP contribution < -0.4 is 5.32 Å². The van der Waals surface area contributed by atoms with Gasteiger partial charge in [-0.25, -0.2) is 9.97 Å². The maximum atomic E-state index is 12.7. The van der Waals surface area contributed by atoms with Crippen molar-refractivity contribution in [2.75, 3.05) is 44.7 Å². The summed E-state index contributed by atoms with van der Waals surface area (Å²) in [7, 11) is 0. The molecule has 1 amide bonds. The molecular weight excluding hydrogens is 404 g/mol. The number of carbonyl (C=O) groups is 1. The molecule has 1 aromatic heterocycles. The molecule has 0 atom stereocenters. The minimum absolute atomic E-state index is 0.257. The predicted molar refractivity (Wildman–Crippen MR) is 121 cm³/mol. The van der Waals surface area contributed by atoms with Crippen molar-refractivity contribution in [2.24, 2.45) is 5.41 Å². The zero-order valence-electron chi connectivity index (χ0n) is 18.6. The van der Waals surface area contributed by atoms with Crippen molar-refractivity contribution in [1.82, 2.24) is 19.8 Å². The van der Waals surface area contributed by atoms with E-state index in [2.05, 4.69) is 26.3 Å². The number of benzene rings is 1. The van der Waals surface area contributed by atoms with Gasteiger partial charge in [-0.15, -0.1) is 0 Å². The number of fused-ring (bicyclic) bond motifs is 1. The molecule has 0 unspecified atom stereocenters. The van der Waals surface area contributed by atoms with E-state index in [1.165, 1.54) is 0 Å². The fourth-order valence-corrected chi connectivity index (χ4v) is 5.22. The molecule has 2 aromatic rings. The Balaban J connectivity index is 1.14. The summed E-state index contributed by atoms with van der Waals surface area (Å²) in [6, 6.07) is 8.68. The SMILES string of the molecule is CC1(C(=O)N2CCN(C3CCC(Nc4ncnc5ccc(C#N)cc45)CC3)CC2)COC1. The first-order valence-electron chi connectivity index (χ1n) is 11.6. The van der Waals surface area contributed by atoms with E-state index in [1.807, 2.05) is 24.0 Å². The van der Waals surface area contributed by atoms with Crippen LogP contribution in [0, 0.1) is 16.7 Å². The Bertz CT molecular complexity index is 1030. The van der Waals surface area contributed by atoms with Crippen LogP contribution in [0.25, 0.3) is 10.9 Å². The van der Waals surface area contributed by atoms with Crippen LogP contribution in [0.5, 0.6) is 0 Å². The van der Waals surface area contributed by atoms with Gasteiger partial charge < -0.3 is 15.0 Å². The van der Waals surface area contributed by atoms with Crippen LogP contribution in [0.2, 0.25) is 0 Å². The molecule has 0 bridgehead atoms. The topological polar surface area (TPSA) is 94.4 Å². The van der Waals surface area contributed by atoms with Crippen molar-refractivity contribution in [3.8, 4) is 6.07 Å². The number of nitrogens with zero attached hydrogens (tertiary/aromatic N) is 5. The average Bonchev–Trinajstić information content (AvgIpc) is 2.82. The summed E-state index contributed by atoms with van der Waals surface area (Å²) >= 11 is 0. The number of nitriles is 1. The Hall–Kier alpha value is -2.76. The number of nitrogens with one attached hydrogen (secondary N) is 1. The van der Waals surface area contributed by atoms with Crippen LogP contribution in [0.3, 0.4) is 0 Å². The highest BCUT2D eigenvalue weighted by atomic mass is 16.5. The summed E-state index contributed by atoms with van der Waals surface area (Å²) in [6.45, 7) is 6.69. The monoisotopic (exact) mass is 434 g/mol. The summed E-state index contributed by atoms with van der Waals surface area (Å²) < 4.78 is 5.27. The third-order valence-corrected chi connectivity index (χ3v) is 7.28. The predicted octanol–water partition coefficient (Wildman–Crippen LogP) is 2.41. The summed E-state index contributed by atoms with van der Waals surface area (Å²) in [6.07, 6.45) is 6.04. The number of aromatic nitrogens is 2. The molecule has 3 heterocycles. The molecule has 1 aromatic carbocycles. The van der Waals surface area contributed by atoms with Crippen molar-refractivity contribution in [2.45, 2.75) is 44.7 Å². The Morgan fingerprint density at radius 2 is 1.91 bits per heavy atom. The fourth-order valence-electron chi connectivity index (χ4n) is 5.22. The van der Waals surface area contributed by atoms with E-state index in [4.69, 9.17) is 4.74 Å².